The second-order valence-electron chi connectivity index (χ2n) is 10.5. The fourth-order valence-electron chi connectivity index (χ4n) is 4.28. The van der Waals surface area contributed by atoms with Gasteiger partial charge in [-0.05, 0) is 0 Å². The Morgan fingerprint density at radius 3 is 0.462 bits per heavy atom. The molecule has 0 heterocycles. The van der Waals surface area contributed by atoms with Crippen LogP contribution in [0.25, 0.3) is 0 Å². The Morgan fingerprint density at radius 1 is 0.231 bits per heavy atom. The first-order valence-corrected chi connectivity index (χ1v) is 18.7. The molecule has 0 saturated carbocycles. The van der Waals surface area contributed by atoms with E-state index in [-0.39, 0.29) is 76.2 Å². The molecule has 6 aromatic rings. The van der Waals surface area contributed by atoms with Crippen LogP contribution in [0.4, 0.5) is 0 Å². The van der Waals surface area contributed by atoms with E-state index in [2.05, 4.69) is 0 Å². The molecule has 0 atom stereocenters. The van der Waals surface area contributed by atoms with Gasteiger partial charge >= 0.3 is 17.4 Å². The standard InChI is InChI=1S/3C14H11O2P.Al/c3*15-13(11-7-3-1-4-8-11)17-14(16)12-9-5-2-6-10-12;/h3*1-10,17H;/q;;;+3. The van der Waals surface area contributed by atoms with Crippen molar-refractivity contribution < 1.29 is 28.8 Å². The van der Waals surface area contributed by atoms with E-state index in [0.717, 1.165) is 0 Å². The average molecular weight is 754 g/mol. The molecular weight excluding hydrogens is 720 g/mol. The van der Waals surface area contributed by atoms with Gasteiger partial charge in [0, 0.05) is 59.1 Å². The quantitative estimate of drug-likeness (QED) is 0.0912. The smallest absolute Gasteiger partial charge is 0.289 e. The molecule has 0 bridgehead atoms. The van der Waals surface area contributed by atoms with E-state index >= 15 is 0 Å². The molecule has 0 aliphatic carbocycles. The SMILES string of the molecule is O=C(PC(=O)c1ccccc1)c1ccccc1.O=C(PC(=O)c1ccccc1)c1ccccc1.O=C(PC(=O)c1ccccc1)c1ccccc1.[Al+3]. The molecule has 0 spiro atoms. The Balaban J connectivity index is 0.000000208. The molecule has 0 saturated heterocycles. The third kappa shape index (κ3) is 14.1. The minimum Gasteiger partial charge on any atom is -0.289 e. The van der Waals surface area contributed by atoms with E-state index in [4.69, 9.17) is 0 Å². The Bertz CT molecular complexity index is 1660. The molecule has 0 amide bonds. The number of rotatable bonds is 12. The Hall–Kier alpha value is -4.84. The first-order valence-electron chi connectivity index (χ1n) is 15.7. The summed E-state index contributed by atoms with van der Waals surface area (Å²) in [6.45, 7) is 0. The third-order valence-corrected chi connectivity index (χ3v) is 9.99. The maximum Gasteiger partial charge on any atom is 3.00 e. The molecule has 0 unspecified atom stereocenters. The van der Waals surface area contributed by atoms with Crippen molar-refractivity contribution in [2.75, 3.05) is 0 Å². The van der Waals surface area contributed by atoms with Crippen LogP contribution in [0.15, 0.2) is 182 Å². The van der Waals surface area contributed by atoms with Gasteiger partial charge in [-0.2, -0.15) is 0 Å². The Labute approximate surface area is 319 Å². The zero-order valence-corrected chi connectivity index (χ0v) is 32.0. The summed E-state index contributed by atoms with van der Waals surface area (Å²) in [5, 5.41) is 0. The minimum atomic E-state index is -0.343. The predicted octanol–water partition coefficient (Wildman–Crippen LogP) is 9.66. The van der Waals surface area contributed by atoms with Gasteiger partial charge in [0.05, 0.1) is 0 Å². The summed E-state index contributed by atoms with van der Waals surface area (Å²) in [6.07, 6.45) is 0. The summed E-state index contributed by atoms with van der Waals surface area (Å²) >= 11 is 0. The van der Waals surface area contributed by atoms with Crippen molar-refractivity contribution in [3.8, 4) is 0 Å². The van der Waals surface area contributed by atoms with Crippen molar-refractivity contribution in [1.29, 1.82) is 0 Å². The van der Waals surface area contributed by atoms with Crippen LogP contribution in [-0.4, -0.2) is 50.5 Å². The van der Waals surface area contributed by atoms with E-state index in [1.165, 1.54) is 0 Å². The van der Waals surface area contributed by atoms with Gasteiger partial charge in [0.25, 0.3) is 0 Å². The third-order valence-electron chi connectivity index (χ3n) is 6.90. The molecule has 0 aliphatic heterocycles. The summed E-state index contributed by atoms with van der Waals surface area (Å²) in [5.74, 6) is 0. The van der Waals surface area contributed by atoms with Crippen LogP contribution in [0.2, 0.25) is 0 Å². The predicted molar refractivity (Wildman–Crippen MR) is 215 cm³/mol. The molecule has 6 rings (SSSR count). The number of carbonyl (C=O) groups excluding carboxylic acids is 6. The summed E-state index contributed by atoms with van der Waals surface area (Å²) in [7, 11) is -1.03. The van der Waals surface area contributed by atoms with Crippen molar-refractivity contribution in [3.05, 3.63) is 215 Å². The first-order chi connectivity index (χ1) is 24.8. The Morgan fingerprint density at radius 2 is 0.346 bits per heavy atom. The first kappa shape index (κ1) is 41.6. The molecule has 0 aliphatic rings. The van der Waals surface area contributed by atoms with Crippen LogP contribution in [0, 0.1) is 0 Å². The van der Waals surface area contributed by atoms with Crippen LogP contribution >= 0.6 is 25.7 Å². The van der Waals surface area contributed by atoms with Gasteiger partial charge in [-0.3, -0.25) is 28.8 Å². The maximum absolute atomic E-state index is 11.8. The van der Waals surface area contributed by atoms with E-state index in [1.807, 2.05) is 36.4 Å². The summed E-state index contributed by atoms with van der Waals surface area (Å²) in [6, 6.07) is 53.4. The number of hydrogen-bond acceptors (Lipinski definition) is 6. The summed E-state index contributed by atoms with van der Waals surface area (Å²) in [4.78, 5) is 70.9. The molecule has 0 aromatic heterocycles. The zero-order chi connectivity index (χ0) is 36.3. The topological polar surface area (TPSA) is 102 Å². The van der Waals surface area contributed by atoms with E-state index in [0.29, 0.717) is 33.4 Å². The maximum atomic E-state index is 11.8. The zero-order valence-electron chi connectivity index (χ0n) is 27.8. The fraction of sp³-hybridized carbons (Fsp3) is 0. The normalized spacial score (nSPS) is 9.69. The summed E-state index contributed by atoms with van der Waals surface area (Å²) in [5.41, 5.74) is 2.89. The van der Waals surface area contributed by atoms with Crippen LogP contribution in [0.3, 0.4) is 0 Å². The largest absolute Gasteiger partial charge is 3.00 e. The molecule has 0 radical (unpaired) electrons. The molecular formula is C42H33AlO6P3+3. The fourth-order valence-corrected chi connectivity index (χ4v) is 6.76. The number of hydrogen-bond donors (Lipinski definition) is 0. The second kappa shape index (κ2) is 22.9. The van der Waals surface area contributed by atoms with Crippen LogP contribution in [0.5, 0.6) is 0 Å². The van der Waals surface area contributed by atoms with Gasteiger partial charge in [0.2, 0.25) is 0 Å². The average Bonchev–Trinajstić information content (AvgIpc) is 3.20. The minimum absolute atomic E-state index is 0. The van der Waals surface area contributed by atoms with Gasteiger partial charge in [-0.25, -0.2) is 0 Å². The molecule has 10 heteroatoms. The van der Waals surface area contributed by atoms with Crippen LogP contribution in [-0.2, 0) is 0 Å². The summed E-state index contributed by atoms with van der Waals surface area (Å²) < 4.78 is 0. The van der Waals surface area contributed by atoms with Crippen molar-refractivity contribution >= 4 is 76.2 Å². The molecule has 252 valence electrons. The molecule has 52 heavy (non-hydrogen) atoms. The van der Waals surface area contributed by atoms with E-state index in [1.54, 1.807) is 146 Å². The van der Waals surface area contributed by atoms with Crippen molar-refractivity contribution in [1.82, 2.24) is 0 Å². The second-order valence-corrected chi connectivity index (χ2v) is 14.0. The number of benzene rings is 6. The molecule has 0 N–H and O–H groups in total. The van der Waals surface area contributed by atoms with Gasteiger partial charge in [0.15, 0.2) is 33.1 Å². The monoisotopic (exact) mass is 753 g/mol. The number of carbonyl (C=O) groups is 6. The van der Waals surface area contributed by atoms with Gasteiger partial charge in [-0.1, -0.05) is 182 Å². The van der Waals surface area contributed by atoms with Gasteiger partial charge in [-0.15, -0.1) is 0 Å². The van der Waals surface area contributed by atoms with Crippen molar-refractivity contribution in [3.63, 3.8) is 0 Å². The molecule has 6 nitrogen and oxygen atoms in total. The van der Waals surface area contributed by atoms with Crippen molar-refractivity contribution in [2.24, 2.45) is 0 Å². The van der Waals surface area contributed by atoms with E-state index in [9.17, 15) is 28.8 Å². The van der Waals surface area contributed by atoms with Gasteiger partial charge in [0.1, 0.15) is 0 Å². The van der Waals surface area contributed by atoms with Crippen molar-refractivity contribution in [2.45, 2.75) is 0 Å². The van der Waals surface area contributed by atoms with E-state index < -0.39 is 0 Å². The molecule has 6 aromatic carbocycles. The Kier molecular flexibility index (Phi) is 18.3. The van der Waals surface area contributed by atoms with Crippen LogP contribution < -0.4 is 0 Å². The van der Waals surface area contributed by atoms with Gasteiger partial charge < -0.3 is 0 Å². The van der Waals surface area contributed by atoms with Crippen LogP contribution in [0.1, 0.15) is 62.1 Å². The molecule has 0 fully saturated rings.